The van der Waals surface area contributed by atoms with Crippen LogP contribution in [0.3, 0.4) is 0 Å². The Bertz CT molecular complexity index is 92.3. The van der Waals surface area contributed by atoms with Gasteiger partial charge in [-0.15, -0.1) is 4.65 Å². The van der Waals surface area contributed by atoms with Gasteiger partial charge in [-0.1, -0.05) is 0 Å². The van der Waals surface area contributed by atoms with E-state index in [1.807, 2.05) is 26.4 Å². The summed E-state index contributed by atoms with van der Waals surface area (Å²) in [4.78, 5) is 5.17. The highest BCUT2D eigenvalue weighted by Crippen LogP contribution is 2.18. The van der Waals surface area contributed by atoms with Crippen molar-refractivity contribution in [2.75, 3.05) is 13.7 Å². The molecule has 1 heterocycles. The highest BCUT2D eigenvalue weighted by atomic mass is 16.7. The second-order valence-electron chi connectivity index (χ2n) is 1.77. The number of nitrogens with zero attached hydrogens (tertiary/aromatic N) is 1. The van der Waals surface area contributed by atoms with Crippen molar-refractivity contribution < 1.29 is 9.48 Å². The van der Waals surface area contributed by atoms with Crippen LogP contribution in [-0.2, 0) is 4.84 Å². The lowest BCUT2D eigenvalue weighted by atomic mass is 10.9. The Hall–Kier alpha value is -0.340. The number of quaternary nitrogens is 1. The average Bonchev–Trinajstić information content (AvgIpc) is 2.22. The lowest BCUT2D eigenvalue weighted by Crippen LogP contribution is -2.18. The molecular weight excluding hydrogens is 90.1 g/mol. The maximum atomic E-state index is 5.17. The SMILES string of the molecule is CCO[N+]1(C)C=C1. The maximum Gasteiger partial charge on any atom is 0.190 e. The van der Waals surface area contributed by atoms with Gasteiger partial charge in [-0.2, -0.15) is 4.84 Å². The molecule has 2 nitrogen and oxygen atoms in total. The fourth-order valence-electron chi connectivity index (χ4n) is 0.458. The molecule has 40 valence electrons. The zero-order valence-electron chi connectivity index (χ0n) is 4.72. The molecule has 0 spiro atoms. The topological polar surface area (TPSA) is 9.23 Å². The minimum Gasteiger partial charge on any atom is -0.193 e. The summed E-state index contributed by atoms with van der Waals surface area (Å²) in [5, 5.41) is 0. The van der Waals surface area contributed by atoms with Gasteiger partial charge >= 0.3 is 0 Å². The van der Waals surface area contributed by atoms with E-state index in [1.165, 1.54) is 0 Å². The molecule has 1 aliphatic heterocycles. The Morgan fingerprint density at radius 3 is 2.29 bits per heavy atom. The first-order valence-electron chi connectivity index (χ1n) is 2.48. The fraction of sp³-hybridized carbons (Fsp3) is 0.600. The van der Waals surface area contributed by atoms with Crippen LogP contribution in [0.15, 0.2) is 12.4 Å². The molecule has 0 bridgehead atoms. The van der Waals surface area contributed by atoms with E-state index in [2.05, 4.69) is 0 Å². The van der Waals surface area contributed by atoms with Crippen LogP contribution in [0.1, 0.15) is 6.92 Å². The number of hydroxylamine groups is 3. The molecule has 0 fully saturated rings. The van der Waals surface area contributed by atoms with Crippen LogP contribution in [0.4, 0.5) is 0 Å². The standard InChI is InChI=1S/C5H10NO/c1-3-7-6(2)4-5-6/h4-5H,3H2,1-2H3/q+1. The molecule has 0 radical (unpaired) electrons. The van der Waals surface area contributed by atoms with Crippen LogP contribution in [0, 0.1) is 0 Å². The van der Waals surface area contributed by atoms with Gasteiger partial charge in [0.25, 0.3) is 0 Å². The second-order valence-corrected chi connectivity index (χ2v) is 1.77. The molecule has 1 aliphatic rings. The lowest BCUT2D eigenvalue weighted by molar-refractivity contribution is -0.963. The van der Waals surface area contributed by atoms with Crippen molar-refractivity contribution in [2.24, 2.45) is 0 Å². The summed E-state index contributed by atoms with van der Waals surface area (Å²) in [6, 6.07) is 0. The maximum absolute atomic E-state index is 5.17. The van der Waals surface area contributed by atoms with Crippen molar-refractivity contribution in [3.63, 3.8) is 0 Å². The molecule has 0 aromatic carbocycles. The molecule has 0 amide bonds. The normalized spacial score (nSPS) is 22.6. The quantitative estimate of drug-likeness (QED) is 0.468. The van der Waals surface area contributed by atoms with E-state index in [0.29, 0.717) is 4.65 Å². The largest absolute Gasteiger partial charge is 0.193 e. The van der Waals surface area contributed by atoms with Gasteiger partial charge in [-0.3, -0.25) is 0 Å². The van der Waals surface area contributed by atoms with Gasteiger partial charge in [0.15, 0.2) is 12.4 Å². The Kier molecular flexibility index (Phi) is 0.905. The third-order valence-corrected chi connectivity index (χ3v) is 0.976. The summed E-state index contributed by atoms with van der Waals surface area (Å²) < 4.78 is 0.594. The summed E-state index contributed by atoms with van der Waals surface area (Å²) in [6.45, 7) is 2.77. The molecule has 2 heteroatoms. The van der Waals surface area contributed by atoms with Crippen LogP contribution in [0.25, 0.3) is 0 Å². The lowest BCUT2D eigenvalue weighted by Gasteiger charge is -2.05. The van der Waals surface area contributed by atoms with Crippen molar-refractivity contribution in [3.8, 4) is 0 Å². The van der Waals surface area contributed by atoms with Crippen LogP contribution in [0.2, 0.25) is 0 Å². The van der Waals surface area contributed by atoms with Crippen molar-refractivity contribution in [2.45, 2.75) is 6.92 Å². The van der Waals surface area contributed by atoms with Gasteiger partial charge in [-0.05, 0) is 6.92 Å². The highest BCUT2D eigenvalue weighted by Gasteiger charge is 2.29. The molecular formula is C5H10NO+. The second kappa shape index (κ2) is 1.32. The van der Waals surface area contributed by atoms with Crippen LogP contribution >= 0.6 is 0 Å². The molecule has 0 aliphatic carbocycles. The van der Waals surface area contributed by atoms with E-state index in [-0.39, 0.29) is 0 Å². The smallest absolute Gasteiger partial charge is 0.190 e. The van der Waals surface area contributed by atoms with E-state index < -0.39 is 0 Å². The van der Waals surface area contributed by atoms with Crippen LogP contribution in [0.5, 0.6) is 0 Å². The Morgan fingerprint density at radius 2 is 2.14 bits per heavy atom. The summed E-state index contributed by atoms with van der Waals surface area (Å²) >= 11 is 0. The van der Waals surface area contributed by atoms with E-state index in [0.717, 1.165) is 6.61 Å². The molecule has 0 saturated heterocycles. The number of hydrogen-bond acceptors (Lipinski definition) is 1. The van der Waals surface area contributed by atoms with Crippen molar-refractivity contribution >= 4 is 0 Å². The molecule has 0 saturated carbocycles. The minimum absolute atomic E-state index is 0.594. The molecule has 0 aromatic rings. The summed E-state index contributed by atoms with van der Waals surface area (Å²) in [5.41, 5.74) is 0. The first-order chi connectivity index (χ1) is 3.27. The summed E-state index contributed by atoms with van der Waals surface area (Å²) in [7, 11) is 1.99. The van der Waals surface area contributed by atoms with Crippen molar-refractivity contribution in [3.05, 3.63) is 12.4 Å². The van der Waals surface area contributed by atoms with E-state index in [1.54, 1.807) is 0 Å². The first kappa shape index (κ1) is 4.81. The first-order valence-corrected chi connectivity index (χ1v) is 2.48. The van der Waals surface area contributed by atoms with Gasteiger partial charge in [0.05, 0.1) is 0 Å². The van der Waals surface area contributed by atoms with Gasteiger partial charge in [0.2, 0.25) is 0 Å². The van der Waals surface area contributed by atoms with Crippen molar-refractivity contribution in [1.82, 2.24) is 0 Å². The zero-order chi connectivity index (χ0) is 5.33. The Morgan fingerprint density at radius 1 is 1.57 bits per heavy atom. The molecule has 0 unspecified atom stereocenters. The predicted octanol–water partition coefficient (Wildman–Crippen LogP) is 0.869. The highest BCUT2D eigenvalue weighted by molar-refractivity contribution is 4.77. The van der Waals surface area contributed by atoms with Gasteiger partial charge in [0.1, 0.15) is 13.7 Å². The molecule has 0 atom stereocenters. The Labute approximate surface area is 43.5 Å². The van der Waals surface area contributed by atoms with Gasteiger partial charge in [-0.25, -0.2) is 0 Å². The summed E-state index contributed by atoms with van der Waals surface area (Å²) in [6.07, 6.45) is 3.98. The third kappa shape index (κ3) is 1.01. The van der Waals surface area contributed by atoms with Crippen molar-refractivity contribution in [1.29, 1.82) is 0 Å². The molecule has 0 N–H and O–H groups in total. The van der Waals surface area contributed by atoms with Crippen LogP contribution < -0.4 is 0 Å². The predicted molar refractivity (Wildman–Crippen MR) is 27.0 cm³/mol. The summed E-state index contributed by atoms with van der Waals surface area (Å²) in [5.74, 6) is 0. The number of rotatable bonds is 2. The van der Waals surface area contributed by atoms with E-state index in [9.17, 15) is 0 Å². The molecule has 7 heavy (non-hydrogen) atoms. The molecule has 0 aromatic heterocycles. The monoisotopic (exact) mass is 100 g/mol. The average molecular weight is 100 g/mol. The van der Waals surface area contributed by atoms with Crippen LogP contribution in [-0.4, -0.2) is 18.3 Å². The minimum atomic E-state index is 0.594. The number of hydrogen-bond donors (Lipinski definition) is 0. The van der Waals surface area contributed by atoms with E-state index in [4.69, 9.17) is 4.84 Å². The Balaban J connectivity index is 2.16. The third-order valence-electron chi connectivity index (χ3n) is 0.976. The van der Waals surface area contributed by atoms with E-state index >= 15 is 0 Å². The fourth-order valence-corrected chi connectivity index (χ4v) is 0.458. The molecule has 1 rings (SSSR count). The zero-order valence-corrected chi connectivity index (χ0v) is 4.72. The van der Waals surface area contributed by atoms with Gasteiger partial charge < -0.3 is 0 Å². The van der Waals surface area contributed by atoms with Gasteiger partial charge in [0, 0.05) is 0 Å².